The van der Waals surface area contributed by atoms with Crippen molar-refractivity contribution >= 4 is 11.4 Å². The lowest BCUT2D eigenvalue weighted by atomic mass is 10.1. The third-order valence-corrected chi connectivity index (χ3v) is 2.90. The van der Waals surface area contributed by atoms with Gasteiger partial charge in [0.2, 0.25) is 0 Å². The number of benzene rings is 2. The first-order chi connectivity index (χ1) is 8.70. The summed E-state index contributed by atoms with van der Waals surface area (Å²) in [4.78, 5) is 4.68. The Morgan fingerprint density at radius 1 is 1.00 bits per heavy atom. The summed E-state index contributed by atoms with van der Waals surface area (Å²) in [7, 11) is 0. The van der Waals surface area contributed by atoms with Crippen LogP contribution in [0.25, 0.3) is 0 Å². The van der Waals surface area contributed by atoms with Crippen LogP contribution in [0.5, 0.6) is 0 Å². The predicted molar refractivity (Wildman–Crippen MR) is 78.8 cm³/mol. The minimum Gasteiger partial charge on any atom is -0.248 e. The van der Waals surface area contributed by atoms with Crippen molar-refractivity contribution in [3.8, 4) is 0 Å². The molecule has 0 amide bonds. The summed E-state index contributed by atoms with van der Waals surface area (Å²) in [5.41, 5.74) is 5.41. The van der Waals surface area contributed by atoms with Gasteiger partial charge in [0.25, 0.3) is 0 Å². The monoisotopic (exact) mass is 235 g/mol. The highest BCUT2D eigenvalue weighted by Crippen LogP contribution is 2.19. The van der Waals surface area contributed by atoms with Gasteiger partial charge in [-0.1, -0.05) is 54.6 Å². The maximum atomic E-state index is 4.68. The second kappa shape index (κ2) is 5.46. The minimum atomic E-state index is 0.907. The van der Waals surface area contributed by atoms with E-state index in [0.717, 1.165) is 17.0 Å². The van der Waals surface area contributed by atoms with Gasteiger partial charge < -0.3 is 0 Å². The van der Waals surface area contributed by atoms with Gasteiger partial charge in [0.15, 0.2) is 0 Å². The van der Waals surface area contributed by atoms with Gasteiger partial charge in [0.05, 0.1) is 11.4 Å². The van der Waals surface area contributed by atoms with Gasteiger partial charge in [-0.3, -0.25) is 0 Å². The van der Waals surface area contributed by atoms with E-state index >= 15 is 0 Å². The van der Waals surface area contributed by atoms with E-state index in [2.05, 4.69) is 55.8 Å². The summed E-state index contributed by atoms with van der Waals surface area (Å²) >= 11 is 0. The van der Waals surface area contributed by atoms with Gasteiger partial charge in [0.1, 0.15) is 0 Å². The third-order valence-electron chi connectivity index (χ3n) is 2.90. The van der Waals surface area contributed by atoms with E-state index in [0.29, 0.717) is 0 Å². The number of para-hydroxylation sites is 1. The summed E-state index contributed by atoms with van der Waals surface area (Å²) in [6.07, 6.45) is 1.80. The highest BCUT2D eigenvalue weighted by molar-refractivity contribution is 6.09. The second-order valence-corrected chi connectivity index (χ2v) is 4.35. The fraction of sp³-hybridized carbons (Fsp3) is 0.118. The molecule has 0 heterocycles. The zero-order valence-corrected chi connectivity index (χ0v) is 10.9. The summed E-state index contributed by atoms with van der Waals surface area (Å²) in [6.45, 7) is 8.00. The molecule has 0 fully saturated rings. The quantitative estimate of drug-likeness (QED) is 0.689. The van der Waals surface area contributed by atoms with Crippen LogP contribution in [0.1, 0.15) is 16.7 Å². The number of allylic oxidation sites excluding steroid dienone is 1. The fourth-order valence-corrected chi connectivity index (χ4v) is 1.77. The van der Waals surface area contributed by atoms with Crippen molar-refractivity contribution in [3.63, 3.8) is 0 Å². The molecule has 2 rings (SSSR count). The lowest BCUT2D eigenvalue weighted by Gasteiger charge is -2.04. The molecule has 0 aliphatic heterocycles. The van der Waals surface area contributed by atoms with E-state index in [1.165, 1.54) is 11.1 Å². The van der Waals surface area contributed by atoms with E-state index in [9.17, 15) is 0 Å². The maximum Gasteiger partial charge on any atom is 0.0703 e. The number of hydrogen-bond donors (Lipinski definition) is 0. The molecule has 2 aromatic carbocycles. The molecule has 2 aromatic rings. The van der Waals surface area contributed by atoms with Gasteiger partial charge in [0, 0.05) is 5.56 Å². The molecular formula is C17H17N. The Morgan fingerprint density at radius 2 is 1.67 bits per heavy atom. The molecule has 0 N–H and O–H groups in total. The summed E-state index contributed by atoms with van der Waals surface area (Å²) < 4.78 is 0. The Bertz CT molecular complexity index is 577. The molecule has 0 saturated carbocycles. The van der Waals surface area contributed by atoms with E-state index < -0.39 is 0 Å². The van der Waals surface area contributed by atoms with Crippen molar-refractivity contribution in [1.82, 2.24) is 0 Å². The Labute approximate surface area is 109 Å². The minimum absolute atomic E-state index is 0.907. The van der Waals surface area contributed by atoms with Crippen LogP contribution >= 0.6 is 0 Å². The van der Waals surface area contributed by atoms with E-state index in [-0.39, 0.29) is 0 Å². The summed E-state index contributed by atoms with van der Waals surface area (Å²) in [5.74, 6) is 0. The topological polar surface area (TPSA) is 12.4 Å². The van der Waals surface area contributed by atoms with Crippen LogP contribution < -0.4 is 0 Å². The average molecular weight is 235 g/mol. The largest absolute Gasteiger partial charge is 0.248 e. The van der Waals surface area contributed by atoms with E-state index in [1.807, 2.05) is 18.2 Å². The Morgan fingerprint density at radius 3 is 2.28 bits per heavy atom. The fourth-order valence-electron chi connectivity index (χ4n) is 1.77. The van der Waals surface area contributed by atoms with Crippen LogP contribution in [0.2, 0.25) is 0 Å². The van der Waals surface area contributed by atoms with Crippen molar-refractivity contribution in [1.29, 1.82) is 0 Å². The molecule has 0 bridgehead atoms. The van der Waals surface area contributed by atoms with Gasteiger partial charge in [-0.05, 0) is 31.6 Å². The highest BCUT2D eigenvalue weighted by atomic mass is 14.7. The second-order valence-electron chi connectivity index (χ2n) is 4.35. The molecule has 0 saturated heterocycles. The van der Waals surface area contributed by atoms with Crippen LogP contribution in [0.4, 0.5) is 5.69 Å². The zero-order valence-electron chi connectivity index (χ0n) is 10.9. The van der Waals surface area contributed by atoms with Crippen LogP contribution in [0.3, 0.4) is 0 Å². The predicted octanol–water partition coefficient (Wildman–Crippen LogP) is 4.61. The van der Waals surface area contributed by atoms with Crippen LogP contribution in [-0.4, -0.2) is 5.71 Å². The van der Waals surface area contributed by atoms with Gasteiger partial charge in [-0.25, -0.2) is 4.99 Å². The number of aliphatic imine (C=N–C) groups is 1. The lowest BCUT2D eigenvalue weighted by Crippen LogP contribution is -1.95. The van der Waals surface area contributed by atoms with Crippen molar-refractivity contribution in [2.24, 2.45) is 4.99 Å². The lowest BCUT2D eigenvalue weighted by molar-refractivity contribution is 1.39. The van der Waals surface area contributed by atoms with Crippen LogP contribution in [-0.2, 0) is 0 Å². The van der Waals surface area contributed by atoms with Gasteiger partial charge in [-0.2, -0.15) is 0 Å². The van der Waals surface area contributed by atoms with Crippen LogP contribution in [0, 0.1) is 13.8 Å². The Hall–Kier alpha value is -2.15. The molecule has 90 valence electrons. The van der Waals surface area contributed by atoms with Crippen molar-refractivity contribution in [2.75, 3.05) is 0 Å². The van der Waals surface area contributed by atoms with Crippen molar-refractivity contribution < 1.29 is 0 Å². The SMILES string of the molecule is C=C/C(=N\c1ccccc1C)c1ccc(C)cc1. The van der Waals surface area contributed by atoms with Crippen LogP contribution in [0.15, 0.2) is 66.2 Å². The highest BCUT2D eigenvalue weighted by Gasteiger charge is 2.01. The first kappa shape index (κ1) is 12.3. The number of rotatable bonds is 3. The number of hydrogen-bond acceptors (Lipinski definition) is 1. The molecule has 0 aliphatic rings. The zero-order chi connectivity index (χ0) is 13.0. The smallest absolute Gasteiger partial charge is 0.0703 e. The molecule has 0 unspecified atom stereocenters. The maximum absolute atomic E-state index is 4.68. The first-order valence-corrected chi connectivity index (χ1v) is 6.04. The molecule has 0 aliphatic carbocycles. The number of aryl methyl sites for hydroxylation is 2. The van der Waals surface area contributed by atoms with Gasteiger partial charge in [-0.15, -0.1) is 0 Å². The summed E-state index contributed by atoms with van der Waals surface area (Å²) in [6, 6.07) is 16.4. The van der Waals surface area contributed by atoms with E-state index in [4.69, 9.17) is 0 Å². The molecule has 1 nitrogen and oxygen atoms in total. The Kier molecular flexibility index (Phi) is 3.73. The standard InChI is InChI=1S/C17H17N/c1-4-16(15-11-9-13(2)10-12-15)18-17-8-6-5-7-14(17)3/h4-12H,1H2,2-3H3/b18-16+. The van der Waals surface area contributed by atoms with E-state index in [1.54, 1.807) is 6.08 Å². The summed E-state index contributed by atoms with van der Waals surface area (Å²) in [5, 5.41) is 0. The molecule has 0 radical (unpaired) electrons. The molecule has 0 spiro atoms. The molecule has 0 atom stereocenters. The average Bonchev–Trinajstić information content (AvgIpc) is 2.39. The number of nitrogens with zero attached hydrogens (tertiary/aromatic N) is 1. The molecule has 1 heteroatoms. The normalized spacial score (nSPS) is 11.3. The molecule has 18 heavy (non-hydrogen) atoms. The Balaban J connectivity index is 2.43. The van der Waals surface area contributed by atoms with Crippen molar-refractivity contribution in [2.45, 2.75) is 13.8 Å². The molecule has 0 aromatic heterocycles. The first-order valence-electron chi connectivity index (χ1n) is 6.04. The molecular weight excluding hydrogens is 218 g/mol. The van der Waals surface area contributed by atoms with Crippen molar-refractivity contribution in [3.05, 3.63) is 77.9 Å². The van der Waals surface area contributed by atoms with Gasteiger partial charge >= 0.3 is 0 Å². The third kappa shape index (κ3) is 2.75.